The predicted octanol–water partition coefficient (Wildman–Crippen LogP) is 4.61. The van der Waals surface area contributed by atoms with E-state index in [0.29, 0.717) is 11.1 Å². The van der Waals surface area contributed by atoms with E-state index in [1.807, 2.05) is 0 Å². The van der Waals surface area contributed by atoms with Crippen LogP contribution in [0.4, 0.5) is 20.7 Å². The summed E-state index contributed by atoms with van der Waals surface area (Å²) < 4.78 is 23.8. The third-order valence-electron chi connectivity index (χ3n) is 4.96. The maximum absolute atomic E-state index is 13.6. The first kappa shape index (κ1) is 27.4. The summed E-state index contributed by atoms with van der Waals surface area (Å²) in [6, 6.07) is 5.15. The molecule has 2 rings (SSSR count). The van der Waals surface area contributed by atoms with Gasteiger partial charge >= 0.3 is 17.7 Å². The van der Waals surface area contributed by atoms with Crippen molar-refractivity contribution in [3.8, 4) is 0 Å². The Labute approximate surface area is 202 Å². The van der Waals surface area contributed by atoms with E-state index in [4.69, 9.17) is 9.47 Å². The van der Waals surface area contributed by atoms with Gasteiger partial charge in [0.05, 0.1) is 24.0 Å². The Balaban J connectivity index is 2.67. The molecule has 1 amide bonds. The van der Waals surface area contributed by atoms with Crippen LogP contribution in [0.1, 0.15) is 57.2 Å². The summed E-state index contributed by atoms with van der Waals surface area (Å²) in [4.78, 5) is 54.0. The molecule has 1 aromatic carbocycles. The van der Waals surface area contributed by atoms with Crippen molar-refractivity contribution in [2.24, 2.45) is 0 Å². The van der Waals surface area contributed by atoms with Crippen molar-refractivity contribution >= 4 is 29.4 Å². The minimum absolute atomic E-state index is 0.0373. The number of pyridine rings is 1. The number of amides is 1. The van der Waals surface area contributed by atoms with Gasteiger partial charge in [-0.05, 0) is 63.9 Å². The smallest absolute Gasteiger partial charge is 0.416 e. The van der Waals surface area contributed by atoms with Crippen molar-refractivity contribution in [3.63, 3.8) is 0 Å². The van der Waals surface area contributed by atoms with Crippen LogP contribution in [0.5, 0.6) is 0 Å². The molecule has 0 bridgehead atoms. The highest BCUT2D eigenvalue weighted by Gasteiger charge is 2.36. The fourth-order valence-electron chi connectivity index (χ4n) is 3.26. The number of anilines is 1. The van der Waals surface area contributed by atoms with Gasteiger partial charge in [-0.2, -0.15) is 0 Å². The number of aromatic nitrogens is 1. The number of hydrogen-bond acceptors (Lipinski definition) is 8. The van der Waals surface area contributed by atoms with Gasteiger partial charge in [-0.15, -0.1) is 0 Å². The van der Waals surface area contributed by atoms with E-state index in [-0.39, 0.29) is 24.5 Å². The Morgan fingerprint density at radius 3 is 2.43 bits per heavy atom. The Hall–Kier alpha value is -3.89. The fraction of sp³-hybridized carbons (Fsp3) is 0.417. The first-order chi connectivity index (χ1) is 16.3. The Morgan fingerprint density at radius 2 is 1.89 bits per heavy atom. The summed E-state index contributed by atoms with van der Waals surface area (Å²) in [7, 11) is 0. The third kappa shape index (κ3) is 6.81. The van der Waals surface area contributed by atoms with Gasteiger partial charge in [0.15, 0.2) is 0 Å². The van der Waals surface area contributed by atoms with E-state index in [9.17, 15) is 28.9 Å². The number of aryl methyl sites for hydroxylation is 1. The normalized spacial score (nSPS) is 12.0. The zero-order chi connectivity index (χ0) is 26.5. The highest BCUT2D eigenvalue weighted by Crippen LogP contribution is 2.36. The van der Waals surface area contributed by atoms with Gasteiger partial charge in [0.2, 0.25) is 11.6 Å². The number of ether oxygens (including phenoxy) is 2. The van der Waals surface area contributed by atoms with Crippen molar-refractivity contribution in [2.75, 3.05) is 11.5 Å². The lowest BCUT2D eigenvalue weighted by Crippen LogP contribution is -2.37. The molecular weight excluding hydrogens is 461 g/mol. The number of Topliss-reactive ketones (excluding diaryl/α,β-unsaturated/α-hetero) is 1. The molecule has 10 nitrogen and oxygen atoms in total. The first-order valence-electron chi connectivity index (χ1n) is 10.9. The topological polar surface area (TPSA) is 129 Å². The molecule has 0 spiro atoms. The molecule has 2 aromatic rings. The van der Waals surface area contributed by atoms with E-state index >= 15 is 0 Å². The average Bonchev–Trinajstić information content (AvgIpc) is 2.75. The van der Waals surface area contributed by atoms with E-state index in [1.165, 1.54) is 44.3 Å². The quantitative estimate of drug-likeness (QED) is 0.227. The highest BCUT2D eigenvalue weighted by molar-refractivity contribution is 6.35. The van der Waals surface area contributed by atoms with Crippen LogP contribution < -0.4 is 4.90 Å². The van der Waals surface area contributed by atoms with Crippen LogP contribution in [0, 0.1) is 22.9 Å². The van der Waals surface area contributed by atoms with Gasteiger partial charge in [-0.3, -0.25) is 19.8 Å². The monoisotopic (exact) mass is 489 g/mol. The van der Waals surface area contributed by atoms with Crippen LogP contribution in [-0.4, -0.2) is 40.0 Å². The number of nitro groups is 1. The van der Waals surface area contributed by atoms with Crippen molar-refractivity contribution in [1.82, 2.24) is 4.98 Å². The molecule has 0 saturated carbocycles. The molecular formula is C24H28FN3O7. The minimum Gasteiger partial charge on any atom is -0.460 e. The zero-order valence-corrected chi connectivity index (χ0v) is 20.5. The summed E-state index contributed by atoms with van der Waals surface area (Å²) in [5, 5.41) is 12.2. The van der Waals surface area contributed by atoms with Crippen molar-refractivity contribution in [3.05, 3.63) is 63.1 Å². The first-order valence-corrected chi connectivity index (χ1v) is 10.9. The van der Waals surface area contributed by atoms with Crippen LogP contribution in [0.15, 0.2) is 30.5 Å². The number of carbonyl (C=O) groups excluding carboxylic acids is 3. The van der Waals surface area contributed by atoms with Gasteiger partial charge in [0, 0.05) is 11.8 Å². The van der Waals surface area contributed by atoms with Crippen LogP contribution in [0.3, 0.4) is 0 Å². The van der Waals surface area contributed by atoms with Crippen LogP contribution in [-0.2, 0) is 25.6 Å². The summed E-state index contributed by atoms with van der Waals surface area (Å²) in [6.07, 6.45) is 0.264. The van der Waals surface area contributed by atoms with E-state index < -0.39 is 45.8 Å². The lowest BCUT2D eigenvalue weighted by Gasteiger charge is -2.27. The molecule has 0 N–H and O–H groups in total. The zero-order valence-electron chi connectivity index (χ0n) is 20.5. The number of ketones is 1. The Morgan fingerprint density at radius 1 is 1.23 bits per heavy atom. The standard InChI is InChI=1S/C24H28FN3O7/c1-7-34-22(30)20(29)15(3)18-10-11-26-21(19(18)28(32)33)27(23(31)35-24(4,5)6)13-16-8-9-17(25)12-14(16)2/h8-12,15H,7,13H2,1-6H3. The second-order valence-electron chi connectivity index (χ2n) is 8.77. The van der Waals surface area contributed by atoms with Crippen LogP contribution in [0.2, 0.25) is 0 Å². The van der Waals surface area contributed by atoms with Crippen LogP contribution >= 0.6 is 0 Å². The molecule has 1 aromatic heterocycles. The molecule has 188 valence electrons. The van der Waals surface area contributed by atoms with Gasteiger partial charge in [0.1, 0.15) is 11.4 Å². The summed E-state index contributed by atoms with van der Waals surface area (Å²) in [5.41, 5.74) is -0.699. The number of halogens is 1. The van der Waals surface area contributed by atoms with E-state index in [1.54, 1.807) is 27.7 Å². The fourth-order valence-corrected chi connectivity index (χ4v) is 3.26. The Bertz CT molecular complexity index is 1140. The average molecular weight is 490 g/mol. The van der Waals surface area contributed by atoms with Crippen molar-refractivity contribution in [2.45, 2.75) is 59.6 Å². The number of rotatable bonds is 8. The summed E-state index contributed by atoms with van der Waals surface area (Å²) >= 11 is 0. The number of carbonyl (C=O) groups is 3. The van der Waals surface area contributed by atoms with Gasteiger partial charge < -0.3 is 9.47 Å². The molecule has 0 aliphatic carbocycles. The third-order valence-corrected chi connectivity index (χ3v) is 4.96. The molecule has 0 saturated heterocycles. The second-order valence-corrected chi connectivity index (χ2v) is 8.77. The van der Waals surface area contributed by atoms with Gasteiger partial charge in [-0.25, -0.2) is 19.0 Å². The van der Waals surface area contributed by atoms with Crippen molar-refractivity contribution < 1.29 is 33.2 Å². The molecule has 1 heterocycles. The van der Waals surface area contributed by atoms with E-state index in [2.05, 4.69) is 4.98 Å². The van der Waals surface area contributed by atoms with Gasteiger partial charge in [-0.1, -0.05) is 13.0 Å². The van der Waals surface area contributed by atoms with Gasteiger partial charge in [0.25, 0.3) is 0 Å². The minimum atomic E-state index is -1.25. The molecule has 35 heavy (non-hydrogen) atoms. The summed E-state index contributed by atoms with van der Waals surface area (Å²) in [5.74, 6) is -4.21. The molecule has 11 heteroatoms. The SMILES string of the molecule is CCOC(=O)C(=O)C(C)c1ccnc(N(Cc2ccc(F)cc2C)C(=O)OC(C)(C)C)c1[N+](=O)[O-]. The molecule has 0 fully saturated rings. The largest absolute Gasteiger partial charge is 0.460 e. The van der Waals surface area contributed by atoms with Crippen molar-refractivity contribution in [1.29, 1.82) is 0 Å². The lowest BCUT2D eigenvalue weighted by atomic mass is 9.95. The van der Waals surface area contributed by atoms with E-state index in [0.717, 1.165) is 4.90 Å². The second kappa shape index (κ2) is 11.0. The molecule has 0 aliphatic rings. The molecule has 1 atom stereocenters. The number of hydrogen-bond donors (Lipinski definition) is 0. The summed E-state index contributed by atoms with van der Waals surface area (Å²) in [6.45, 7) is 9.11. The maximum atomic E-state index is 13.6. The maximum Gasteiger partial charge on any atom is 0.416 e. The molecule has 0 radical (unpaired) electrons. The molecule has 0 aliphatic heterocycles. The number of nitrogens with zero attached hydrogens (tertiary/aromatic N) is 3. The lowest BCUT2D eigenvalue weighted by molar-refractivity contribution is -0.385. The number of benzene rings is 1. The predicted molar refractivity (Wildman–Crippen MR) is 125 cm³/mol. The number of esters is 1. The highest BCUT2D eigenvalue weighted by atomic mass is 19.1. The van der Waals surface area contributed by atoms with Crippen LogP contribution in [0.25, 0.3) is 0 Å². The molecule has 1 unspecified atom stereocenters. The Kier molecular flexibility index (Phi) is 8.62.